The molecule has 5 nitrogen and oxygen atoms in total. The molecule has 1 aromatic carbocycles. The second-order valence-electron chi connectivity index (χ2n) is 7.13. The lowest BCUT2D eigenvalue weighted by atomic mass is 9.96. The predicted molar refractivity (Wildman–Crippen MR) is 97.0 cm³/mol. The number of carbonyl (C=O) groups is 2. The van der Waals surface area contributed by atoms with Gasteiger partial charge >= 0.3 is 0 Å². The summed E-state index contributed by atoms with van der Waals surface area (Å²) in [5, 5.41) is 0. The number of piperidine rings is 1. The van der Waals surface area contributed by atoms with Crippen molar-refractivity contribution in [2.45, 2.75) is 26.7 Å². The maximum atomic E-state index is 13.6. The van der Waals surface area contributed by atoms with Gasteiger partial charge in [-0.2, -0.15) is 0 Å². The highest BCUT2D eigenvalue weighted by molar-refractivity contribution is 5.98. The van der Waals surface area contributed by atoms with Gasteiger partial charge in [0, 0.05) is 41.4 Å². The zero-order valence-corrected chi connectivity index (χ0v) is 15.2. The molecule has 2 heterocycles. The number of amides is 1. The number of primary amides is 1. The number of benzene rings is 1. The number of rotatable bonds is 5. The van der Waals surface area contributed by atoms with Gasteiger partial charge in [0.15, 0.2) is 0 Å². The largest absolute Gasteiger partial charge is 0.369 e. The molecular weight excluding hydrogens is 333 g/mol. The molecule has 1 aromatic heterocycles. The number of hydrogen-bond donors (Lipinski definition) is 2. The molecule has 138 valence electrons. The molecule has 1 aliphatic heterocycles. The molecule has 0 bridgehead atoms. The molecule has 1 fully saturated rings. The molecule has 6 heteroatoms. The van der Waals surface area contributed by atoms with Crippen molar-refractivity contribution >= 4 is 11.7 Å². The molecule has 3 rings (SSSR count). The smallest absolute Gasteiger partial charge is 0.220 e. The Morgan fingerprint density at radius 1 is 1.23 bits per heavy atom. The van der Waals surface area contributed by atoms with E-state index in [0.29, 0.717) is 17.8 Å². The molecule has 0 radical (unpaired) electrons. The standard InChI is InChI=1S/C20H24FN3O2/c1-13-10-18(14(2)24(13)17-5-3-4-16(21)11-17)19(25)12-23-8-6-15(7-9-23)20(22)26/h3-5,10-11,15H,6-9,12H2,1-2H3,(H2,22,26)/p+1. The van der Waals surface area contributed by atoms with Crippen LogP contribution in [0.25, 0.3) is 5.69 Å². The van der Waals surface area contributed by atoms with Crippen LogP contribution in [0.2, 0.25) is 0 Å². The second-order valence-corrected chi connectivity index (χ2v) is 7.13. The number of nitrogens with zero attached hydrogens (tertiary/aromatic N) is 1. The van der Waals surface area contributed by atoms with Gasteiger partial charge in [-0.05, 0) is 38.1 Å². The lowest BCUT2D eigenvalue weighted by molar-refractivity contribution is -0.897. The van der Waals surface area contributed by atoms with E-state index >= 15 is 0 Å². The van der Waals surface area contributed by atoms with Crippen molar-refractivity contribution in [1.29, 1.82) is 0 Å². The van der Waals surface area contributed by atoms with E-state index in [9.17, 15) is 14.0 Å². The maximum absolute atomic E-state index is 13.6. The fourth-order valence-corrected chi connectivity index (χ4v) is 3.87. The van der Waals surface area contributed by atoms with Crippen molar-refractivity contribution in [2.75, 3.05) is 19.6 Å². The number of nitrogens with one attached hydrogen (secondary N) is 1. The summed E-state index contributed by atoms with van der Waals surface area (Å²) in [5.74, 6) is -0.529. The summed E-state index contributed by atoms with van der Waals surface area (Å²) in [6.45, 7) is 5.77. The summed E-state index contributed by atoms with van der Waals surface area (Å²) in [6, 6.07) is 8.24. The first kappa shape index (κ1) is 18.3. The van der Waals surface area contributed by atoms with E-state index in [2.05, 4.69) is 0 Å². The molecule has 0 atom stereocenters. The Hall–Kier alpha value is -2.47. The molecule has 3 N–H and O–H groups in total. The van der Waals surface area contributed by atoms with Crippen molar-refractivity contribution in [3.63, 3.8) is 0 Å². The minimum atomic E-state index is -0.301. The van der Waals surface area contributed by atoms with Crippen LogP contribution in [-0.4, -0.2) is 35.9 Å². The second kappa shape index (κ2) is 7.41. The average molecular weight is 358 g/mol. The first-order valence-corrected chi connectivity index (χ1v) is 8.97. The number of likely N-dealkylation sites (tertiary alicyclic amines) is 1. The van der Waals surface area contributed by atoms with Gasteiger partial charge in [0.1, 0.15) is 12.4 Å². The van der Waals surface area contributed by atoms with Gasteiger partial charge in [-0.15, -0.1) is 0 Å². The fraction of sp³-hybridized carbons (Fsp3) is 0.400. The van der Waals surface area contributed by atoms with Crippen LogP contribution in [0.5, 0.6) is 0 Å². The Balaban J connectivity index is 1.75. The topological polar surface area (TPSA) is 69.5 Å². The number of halogens is 1. The van der Waals surface area contributed by atoms with Crippen LogP contribution >= 0.6 is 0 Å². The highest BCUT2D eigenvalue weighted by Gasteiger charge is 2.28. The maximum Gasteiger partial charge on any atom is 0.220 e. The van der Waals surface area contributed by atoms with Gasteiger partial charge < -0.3 is 15.2 Å². The lowest BCUT2D eigenvalue weighted by Gasteiger charge is -2.27. The van der Waals surface area contributed by atoms with E-state index in [0.717, 1.165) is 37.3 Å². The summed E-state index contributed by atoms with van der Waals surface area (Å²) in [4.78, 5) is 25.3. The third-order valence-electron chi connectivity index (χ3n) is 5.30. The van der Waals surface area contributed by atoms with E-state index in [1.54, 1.807) is 6.07 Å². The van der Waals surface area contributed by atoms with Crippen LogP contribution in [0.15, 0.2) is 30.3 Å². The Labute approximate surface area is 152 Å². The molecule has 1 amide bonds. The minimum Gasteiger partial charge on any atom is -0.369 e. The normalized spacial score (nSPS) is 20.1. The van der Waals surface area contributed by atoms with Crippen LogP contribution in [0.1, 0.15) is 34.6 Å². The third kappa shape index (κ3) is 3.70. The molecule has 2 aromatic rings. The van der Waals surface area contributed by atoms with E-state index in [4.69, 9.17) is 5.73 Å². The van der Waals surface area contributed by atoms with Gasteiger partial charge in [-0.1, -0.05) is 6.07 Å². The van der Waals surface area contributed by atoms with Crippen LogP contribution in [0.4, 0.5) is 4.39 Å². The van der Waals surface area contributed by atoms with Gasteiger partial charge in [-0.25, -0.2) is 4.39 Å². The van der Waals surface area contributed by atoms with Gasteiger partial charge in [-0.3, -0.25) is 9.59 Å². The Morgan fingerprint density at radius 3 is 2.54 bits per heavy atom. The van der Waals surface area contributed by atoms with Crippen molar-refractivity contribution < 1.29 is 18.9 Å². The predicted octanol–water partition coefficient (Wildman–Crippen LogP) is 1.20. The number of carbonyl (C=O) groups excluding carboxylic acids is 2. The summed E-state index contributed by atoms with van der Waals surface area (Å²) >= 11 is 0. The Morgan fingerprint density at radius 2 is 1.92 bits per heavy atom. The van der Waals surface area contributed by atoms with Crippen LogP contribution in [-0.2, 0) is 4.79 Å². The number of ketones is 1. The van der Waals surface area contributed by atoms with Gasteiger partial charge in [0.25, 0.3) is 0 Å². The molecule has 0 unspecified atom stereocenters. The summed E-state index contributed by atoms with van der Waals surface area (Å²) in [5.41, 5.74) is 8.48. The Bertz CT molecular complexity index is 836. The number of nitrogens with two attached hydrogens (primary N) is 1. The molecule has 26 heavy (non-hydrogen) atoms. The number of Topliss-reactive ketones (excluding diaryl/α,β-unsaturated/α-hetero) is 1. The summed E-state index contributed by atoms with van der Waals surface area (Å²) < 4.78 is 15.5. The molecule has 0 spiro atoms. The number of quaternary nitrogens is 1. The van der Waals surface area contributed by atoms with Crippen LogP contribution in [0.3, 0.4) is 0 Å². The fourth-order valence-electron chi connectivity index (χ4n) is 3.87. The average Bonchev–Trinajstić information content (AvgIpc) is 2.90. The quantitative estimate of drug-likeness (QED) is 0.789. The SMILES string of the molecule is Cc1cc(C(=O)C[NH+]2CCC(C(N)=O)CC2)c(C)n1-c1cccc(F)c1. The Kier molecular flexibility index (Phi) is 5.23. The van der Waals surface area contributed by atoms with E-state index in [-0.39, 0.29) is 23.4 Å². The summed E-state index contributed by atoms with van der Waals surface area (Å²) in [6.07, 6.45) is 1.47. The van der Waals surface area contributed by atoms with E-state index in [1.807, 2.05) is 30.5 Å². The number of hydrogen-bond acceptors (Lipinski definition) is 2. The third-order valence-corrected chi connectivity index (χ3v) is 5.30. The number of aryl methyl sites for hydroxylation is 1. The zero-order valence-electron chi connectivity index (χ0n) is 15.2. The van der Waals surface area contributed by atoms with Crippen molar-refractivity contribution in [3.8, 4) is 5.69 Å². The molecule has 1 aliphatic rings. The van der Waals surface area contributed by atoms with Crippen molar-refractivity contribution in [3.05, 3.63) is 53.1 Å². The minimum absolute atomic E-state index is 0.0631. The van der Waals surface area contributed by atoms with Crippen molar-refractivity contribution in [2.24, 2.45) is 11.7 Å². The van der Waals surface area contributed by atoms with E-state index in [1.165, 1.54) is 17.0 Å². The number of aromatic nitrogens is 1. The lowest BCUT2D eigenvalue weighted by Crippen LogP contribution is -3.14. The van der Waals surface area contributed by atoms with Crippen molar-refractivity contribution in [1.82, 2.24) is 4.57 Å². The van der Waals surface area contributed by atoms with Crippen LogP contribution < -0.4 is 10.6 Å². The monoisotopic (exact) mass is 358 g/mol. The first-order valence-electron chi connectivity index (χ1n) is 8.97. The van der Waals surface area contributed by atoms with Gasteiger partial charge in [0.05, 0.1) is 13.1 Å². The molecule has 0 aliphatic carbocycles. The summed E-state index contributed by atoms with van der Waals surface area (Å²) in [7, 11) is 0. The molecule has 0 saturated carbocycles. The first-order chi connectivity index (χ1) is 12.4. The van der Waals surface area contributed by atoms with Gasteiger partial charge in [0.2, 0.25) is 11.7 Å². The highest BCUT2D eigenvalue weighted by atomic mass is 19.1. The van der Waals surface area contributed by atoms with Crippen LogP contribution in [0, 0.1) is 25.6 Å². The highest BCUT2D eigenvalue weighted by Crippen LogP contribution is 2.21. The van der Waals surface area contributed by atoms with E-state index < -0.39 is 0 Å². The molecule has 1 saturated heterocycles. The zero-order chi connectivity index (χ0) is 18.8. The molecular formula is C20H25FN3O2+.